The van der Waals surface area contributed by atoms with Crippen molar-refractivity contribution in [2.75, 3.05) is 20.3 Å². The highest BCUT2D eigenvalue weighted by Crippen LogP contribution is 2.27. The average molecular weight is 490 g/mol. The van der Waals surface area contributed by atoms with E-state index in [9.17, 15) is 28.8 Å². The van der Waals surface area contributed by atoms with Gasteiger partial charge < -0.3 is 39.1 Å². The van der Waals surface area contributed by atoms with E-state index in [1.165, 1.54) is 14.0 Å². The summed E-state index contributed by atoms with van der Waals surface area (Å²) in [6, 6.07) is -2.45. The maximum atomic E-state index is 12.5. The van der Waals surface area contributed by atoms with Gasteiger partial charge in [-0.05, 0) is 13.8 Å². The maximum absolute atomic E-state index is 12.5. The minimum Gasteiger partial charge on any atom is -0.464 e. The van der Waals surface area contributed by atoms with Crippen LogP contribution in [0.1, 0.15) is 34.6 Å². The van der Waals surface area contributed by atoms with Crippen molar-refractivity contribution in [1.29, 1.82) is 0 Å². The third-order valence-electron chi connectivity index (χ3n) is 4.43. The fourth-order valence-electron chi connectivity index (χ4n) is 3.06. The largest absolute Gasteiger partial charge is 0.464 e. The number of methoxy groups -OCH3 is 1. The van der Waals surface area contributed by atoms with Gasteiger partial charge in [0.05, 0.1) is 6.61 Å². The first-order valence-corrected chi connectivity index (χ1v) is 10.3. The second-order valence-corrected chi connectivity index (χ2v) is 7.18. The van der Waals surface area contributed by atoms with Gasteiger partial charge in [-0.2, -0.15) is 0 Å². The minimum atomic E-state index is -1.39. The lowest BCUT2D eigenvalue weighted by Crippen LogP contribution is -2.67. The first-order valence-electron chi connectivity index (χ1n) is 10.3. The molecule has 0 aromatic rings. The van der Waals surface area contributed by atoms with Gasteiger partial charge in [0.15, 0.2) is 18.5 Å². The van der Waals surface area contributed by atoms with Gasteiger partial charge in [-0.15, -0.1) is 0 Å². The number of nitrogens with one attached hydrogen (secondary N) is 2. The van der Waals surface area contributed by atoms with Gasteiger partial charge in [-0.3, -0.25) is 24.0 Å². The molecule has 14 heteroatoms. The summed E-state index contributed by atoms with van der Waals surface area (Å²) in [6.07, 6.45) is -5.16. The Bertz CT molecular complexity index is 786. The summed E-state index contributed by atoms with van der Waals surface area (Å²) in [7, 11) is 1.21. The third kappa shape index (κ3) is 8.59. The van der Waals surface area contributed by atoms with E-state index in [2.05, 4.69) is 10.6 Å². The van der Waals surface area contributed by atoms with Gasteiger partial charge in [0.2, 0.25) is 0 Å². The molecular formula is C20H30N2O12. The zero-order valence-corrected chi connectivity index (χ0v) is 19.8. The second kappa shape index (κ2) is 13.4. The molecule has 0 radical (unpaired) electrons. The number of rotatable bonds is 9. The highest BCUT2D eigenvalue weighted by Gasteiger charge is 2.51. The van der Waals surface area contributed by atoms with Crippen molar-refractivity contribution in [2.24, 2.45) is 0 Å². The molecule has 1 rings (SSSR count). The van der Waals surface area contributed by atoms with Gasteiger partial charge in [0, 0.05) is 27.9 Å². The highest BCUT2D eigenvalue weighted by atomic mass is 16.7. The molecule has 34 heavy (non-hydrogen) atoms. The molecule has 6 atom stereocenters. The molecule has 0 spiro atoms. The molecule has 0 aromatic carbocycles. The van der Waals surface area contributed by atoms with E-state index >= 15 is 0 Å². The predicted molar refractivity (Wildman–Crippen MR) is 110 cm³/mol. The van der Waals surface area contributed by atoms with Crippen LogP contribution in [0.4, 0.5) is 0 Å². The zero-order chi connectivity index (χ0) is 26.0. The summed E-state index contributed by atoms with van der Waals surface area (Å²) in [5, 5.41) is 4.48. The van der Waals surface area contributed by atoms with Gasteiger partial charge >= 0.3 is 35.7 Å². The lowest BCUT2D eigenvalue weighted by molar-refractivity contribution is -0.271. The normalized spacial score (nSPS) is 24.7. The van der Waals surface area contributed by atoms with Gasteiger partial charge in [-0.25, -0.2) is 4.79 Å². The number of amides is 2. The molecule has 0 unspecified atom stereocenters. The Morgan fingerprint density at radius 3 is 1.97 bits per heavy atom. The van der Waals surface area contributed by atoms with E-state index in [4.69, 9.17) is 28.4 Å². The quantitative estimate of drug-likeness (QED) is 0.213. The standard InChI is InChI=1S/C20H30N2O12/c1-7-30-19(28)9(2)21-17(26)18(27)22-14-16(33-12(5)25)15(32-11(4)24)13(8-31-10(3)23)34-20(14)29-6/h9,13-16,20H,7-8H2,1-6H3,(H,21,26)(H,22,27)/t9-,13+,14+,15+,16+,20-/m0/s1. The number of ether oxygens (including phenoxy) is 6. The van der Waals surface area contributed by atoms with Crippen LogP contribution in [-0.4, -0.2) is 92.7 Å². The summed E-state index contributed by atoms with van der Waals surface area (Å²) in [6.45, 7) is 5.92. The van der Waals surface area contributed by atoms with E-state index in [1.54, 1.807) is 6.92 Å². The molecule has 1 saturated heterocycles. The van der Waals surface area contributed by atoms with Crippen molar-refractivity contribution in [3.8, 4) is 0 Å². The zero-order valence-electron chi connectivity index (χ0n) is 19.8. The maximum Gasteiger partial charge on any atom is 0.328 e. The Balaban J connectivity index is 3.16. The highest BCUT2D eigenvalue weighted by molar-refractivity contribution is 6.35. The molecule has 0 bridgehead atoms. The van der Waals surface area contributed by atoms with E-state index in [0.717, 1.165) is 20.8 Å². The van der Waals surface area contributed by atoms with E-state index in [-0.39, 0.29) is 13.2 Å². The Hall–Kier alpha value is -3.26. The molecule has 0 aliphatic carbocycles. The number of carbonyl (C=O) groups is 6. The van der Waals surface area contributed by atoms with Crippen molar-refractivity contribution in [3.63, 3.8) is 0 Å². The Morgan fingerprint density at radius 2 is 1.47 bits per heavy atom. The van der Waals surface area contributed by atoms with Crippen LogP contribution in [0, 0.1) is 0 Å². The summed E-state index contributed by atoms with van der Waals surface area (Å²) in [5.41, 5.74) is 0. The topological polar surface area (TPSA) is 182 Å². The summed E-state index contributed by atoms with van der Waals surface area (Å²) < 4.78 is 31.1. The number of esters is 4. The summed E-state index contributed by atoms with van der Waals surface area (Å²) in [4.78, 5) is 71.3. The fourth-order valence-corrected chi connectivity index (χ4v) is 3.06. The summed E-state index contributed by atoms with van der Waals surface area (Å²) >= 11 is 0. The van der Waals surface area contributed by atoms with Crippen LogP contribution in [0.25, 0.3) is 0 Å². The summed E-state index contributed by atoms with van der Waals surface area (Å²) in [5.74, 6) is -5.39. The Labute approximate surface area is 195 Å². The molecule has 1 fully saturated rings. The molecule has 2 N–H and O–H groups in total. The van der Waals surface area contributed by atoms with Crippen LogP contribution in [0.2, 0.25) is 0 Å². The predicted octanol–water partition coefficient (Wildman–Crippen LogP) is -1.66. The smallest absolute Gasteiger partial charge is 0.328 e. The molecule has 0 saturated carbocycles. The van der Waals surface area contributed by atoms with Gasteiger partial charge in [0.25, 0.3) is 0 Å². The number of hydrogen-bond donors (Lipinski definition) is 2. The first-order chi connectivity index (χ1) is 15.9. The van der Waals surface area contributed by atoms with Crippen LogP contribution >= 0.6 is 0 Å². The lowest BCUT2D eigenvalue weighted by atomic mass is 9.96. The number of carbonyl (C=O) groups excluding carboxylic acids is 6. The van der Waals surface area contributed by atoms with Crippen molar-refractivity contribution < 1.29 is 57.2 Å². The lowest BCUT2D eigenvalue weighted by Gasteiger charge is -2.44. The third-order valence-corrected chi connectivity index (χ3v) is 4.43. The van der Waals surface area contributed by atoms with Crippen LogP contribution < -0.4 is 10.6 Å². The van der Waals surface area contributed by atoms with Crippen LogP contribution in [-0.2, 0) is 57.2 Å². The number of hydrogen-bond acceptors (Lipinski definition) is 12. The molecule has 0 aromatic heterocycles. The second-order valence-electron chi connectivity index (χ2n) is 7.18. The van der Waals surface area contributed by atoms with Crippen LogP contribution in [0.15, 0.2) is 0 Å². The van der Waals surface area contributed by atoms with Crippen LogP contribution in [0.5, 0.6) is 0 Å². The monoisotopic (exact) mass is 490 g/mol. The molecule has 1 aliphatic rings. The molecule has 192 valence electrons. The average Bonchev–Trinajstić information content (AvgIpc) is 2.74. The Kier molecular flexibility index (Phi) is 11.4. The van der Waals surface area contributed by atoms with E-state index in [0.29, 0.717) is 0 Å². The van der Waals surface area contributed by atoms with E-state index < -0.39 is 72.4 Å². The molecule has 1 aliphatic heterocycles. The van der Waals surface area contributed by atoms with Crippen molar-refractivity contribution in [2.45, 2.75) is 71.3 Å². The van der Waals surface area contributed by atoms with E-state index in [1.807, 2.05) is 0 Å². The fraction of sp³-hybridized carbons (Fsp3) is 0.700. The van der Waals surface area contributed by atoms with Crippen molar-refractivity contribution in [3.05, 3.63) is 0 Å². The van der Waals surface area contributed by atoms with Crippen molar-refractivity contribution in [1.82, 2.24) is 10.6 Å². The Morgan fingerprint density at radius 1 is 0.882 bits per heavy atom. The molecule has 2 amide bonds. The molecular weight excluding hydrogens is 460 g/mol. The molecule has 14 nitrogen and oxygen atoms in total. The first kappa shape index (κ1) is 28.8. The van der Waals surface area contributed by atoms with Crippen LogP contribution in [0.3, 0.4) is 0 Å². The SMILES string of the molecule is CCOC(=O)[C@H](C)NC(=O)C(=O)N[C@H]1[C@@H](OC)O[C@H](COC(C)=O)[C@@H](OC(C)=O)[C@@H]1OC(C)=O. The van der Waals surface area contributed by atoms with Gasteiger partial charge in [-0.1, -0.05) is 0 Å². The minimum absolute atomic E-state index is 0.0796. The van der Waals surface area contributed by atoms with Gasteiger partial charge in [0.1, 0.15) is 24.8 Å². The molecule has 1 heterocycles. The van der Waals surface area contributed by atoms with Crippen molar-refractivity contribution >= 4 is 35.7 Å².